The molecule has 5 nitrogen and oxygen atoms in total. The maximum Gasteiger partial charge on any atom is 0.277 e. The Hall–Kier alpha value is -3.21. The molecule has 1 aromatic heterocycles. The molecule has 148 valence electrons. The van der Waals surface area contributed by atoms with Crippen molar-refractivity contribution in [1.29, 1.82) is 0 Å². The summed E-state index contributed by atoms with van der Waals surface area (Å²) >= 11 is 0. The van der Waals surface area contributed by atoms with Crippen molar-refractivity contribution in [2.45, 2.75) is 39.5 Å². The molecule has 5 heteroatoms. The standard InChI is InChI=1S/C24H26N4O/c1-16-25-20(23(29)28-14-13-17-9-5-8-12-21(17)28)15-22(26-16)27-19-11-7-6-10-18(19)24(2,3)4/h5-12,15H,13-14H2,1-4H3,(H,25,26,27). The first kappa shape index (κ1) is 19.1. The fourth-order valence-corrected chi connectivity index (χ4v) is 3.81. The number of aryl methyl sites for hydroxylation is 1. The van der Waals surface area contributed by atoms with Gasteiger partial charge in [-0.2, -0.15) is 0 Å². The third kappa shape index (κ3) is 3.86. The molecule has 0 saturated carbocycles. The van der Waals surface area contributed by atoms with Crippen molar-refractivity contribution in [3.63, 3.8) is 0 Å². The van der Waals surface area contributed by atoms with E-state index in [1.165, 1.54) is 11.1 Å². The highest BCUT2D eigenvalue weighted by atomic mass is 16.2. The van der Waals surface area contributed by atoms with Crippen LogP contribution in [0, 0.1) is 6.92 Å². The van der Waals surface area contributed by atoms with Crippen molar-refractivity contribution in [3.05, 3.63) is 77.2 Å². The highest BCUT2D eigenvalue weighted by molar-refractivity contribution is 6.06. The van der Waals surface area contributed by atoms with Crippen molar-refractivity contribution in [1.82, 2.24) is 9.97 Å². The van der Waals surface area contributed by atoms with E-state index in [1.54, 1.807) is 6.07 Å². The number of carbonyl (C=O) groups excluding carboxylic acids is 1. The zero-order chi connectivity index (χ0) is 20.6. The van der Waals surface area contributed by atoms with Gasteiger partial charge in [0.2, 0.25) is 0 Å². The largest absolute Gasteiger partial charge is 0.340 e. The maximum atomic E-state index is 13.2. The summed E-state index contributed by atoms with van der Waals surface area (Å²) in [7, 11) is 0. The molecule has 0 aliphatic carbocycles. The van der Waals surface area contributed by atoms with Gasteiger partial charge in [0.15, 0.2) is 0 Å². The average molecular weight is 386 g/mol. The number of amides is 1. The summed E-state index contributed by atoms with van der Waals surface area (Å²) in [6.07, 6.45) is 0.871. The van der Waals surface area contributed by atoms with Gasteiger partial charge in [0.1, 0.15) is 17.3 Å². The van der Waals surface area contributed by atoms with Crippen molar-refractivity contribution < 1.29 is 4.79 Å². The van der Waals surface area contributed by atoms with Crippen LogP contribution in [0.3, 0.4) is 0 Å². The molecule has 0 bridgehead atoms. The summed E-state index contributed by atoms with van der Waals surface area (Å²) in [5.41, 5.74) is 4.75. The molecule has 1 N–H and O–H groups in total. The van der Waals surface area contributed by atoms with Gasteiger partial charge in [-0.15, -0.1) is 0 Å². The maximum absolute atomic E-state index is 13.2. The summed E-state index contributed by atoms with van der Waals surface area (Å²) in [5, 5.41) is 3.40. The molecule has 2 aromatic carbocycles. The van der Waals surface area contributed by atoms with E-state index in [0.717, 1.165) is 17.8 Å². The Morgan fingerprint density at radius 2 is 1.76 bits per heavy atom. The van der Waals surface area contributed by atoms with Crippen LogP contribution >= 0.6 is 0 Å². The third-order valence-corrected chi connectivity index (χ3v) is 5.19. The monoisotopic (exact) mass is 386 g/mol. The Balaban J connectivity index is 1.65. The number of benzene rings is 2. The van der Waals surface area contributed by atoms with Crippen LogP contribution in [0.15, 0.2) is 54.6 Å². The summed E-state index contributed by atoms with van der Waals surface area (Å²) in [6.45, 7) is 9.03. The molecule has 1 amide bonds. The van der Waals surface area contributed by atoms with E-state index in [1.807, 2.05) is 48.2 Å². The number of aromatic nitrogens is 2. The fourth-order valence-electron chi connectivity index (χ4n) is 3.81. The van der Waals surface area contributed by atoms with Gasteiger partial charge in [0.25, 0.3) is 5.91 Å². The van der Waals surface area contributed by atoms with E-state index in [-0.39, 0.29) is 11.3 Å². The van der Waals surface area contributed by atoms with Gasteiger partial charge in [-0.25, -0.2) is 9.97 Å². The average Bonchev–Trinajstić information content (AvgIpc) is 3.10. The quantitative estimate of drug-likeness (QED) is 0.686. The van der Waals surface area contributed by atoms with Gasteiger partial charge >= 0.3 is 0 Å². The molecule has 0 unspecified atom stereocenters. The number of hydrogen-bond acceptors (Lipinski definition) is 4. The molecule has 0 saturated heterocycles. The molecule has 4 rings (SSSR count). The molecule has 0 radical (unpaired) electrons. The number of fused-ring (bicyclic) bond motifs is 1. The molecule has 29 heavy (non-hydrogen) atoms. The van der Waals surface area contributed by atoms with Gasteiger partial charge in [-0.05, 0) is 42.0 Å². The zero-order valence-corrected chi connectivity index (χ0v) is 17.4. The van der Waals surface area contributed by atoms with E-state index in [0.29, 0.717) is 23.9 Å². The number of anilines is 3. The van der Waals surface area contributed by atoms with Gasteiger partial charge in [-0.1, -0.05) is 57.2 Å². The van der Waals surface area contributed by atoms with Gasteiger partial charge in [-0.3, -0.25) is 4.79 Å². The van der Waals surface area contributed by atoms with Crippen LogP contribution in [-0.2, 0) is 11.8 Å². The first-order chi connectivity index (χ1) is 13.8. The minimum absolute atomic E-state index is 0.0103. The van der Waals surface area contributed by atoms with E-state index in [2.05, 4.69) is 48.2 Å². The number of rotatable bonds is 3. The molecule has 0 spiro atoms. The second-order valence-electron chi connectivity index (χ2n) is 8.44. The predicted molar refractivity (Wildman–Crippen MR) is 117 cm³/mol. The van der Waals surface area contributed by atoms with Gasteiger partial charge in [0.05, 0.1) is 0 Å². The van der Waals surface area contributed by atoms with Crippen molar-refractivity contribution in [3.8, 4) is 0 Å². The minimum Gasteiger partial charge on any atom is -0.340 e. The summed E-state index contributed by atoms with van der Waals surface area (Å²) in [4.78, 5) is 23.9. The molecule has 3 aromatic rings. The third-order valence-electron chi connectivity index (χ3n) is 5.19. The van der Waals surface area contributed by atoms with Crippen molar-refractivity contribution in [2.75, 3.05) is 16.8 Å². The van der Waals surface area contributed by atoms with Crippen LogP contribution in [0.25, 0.3) is 0 Å². The predicted octanol–water partition coefficient (Wildman–Crippen LogP) is 5.03. The van der Waals surface area contributed by atoms with Crippen LogP contribution in [0.5, 0.6) is 0 Å². The number of nitrogens with one attached hydrogen (secondary N) is 1. The van der Waals surface area contributed by atoms with Crippen LogP contribution in [0.2, 0.25) is 0 Å². The van der Waals surface area contributed by atoms with Gasteiger partial charge in [0, 0.05) is 24.0 Å². The van der Waals surface area contributed by atoms with Gasteiger partial charge < -0.3 is 10.2 Å². The first-order valence-corrected chi connectivity index (χ1v) is 9.95. The molecule has 0 fully saturated rings. The highest BCUT2D eigenvalue weighted by Crippen LogP contribution is 2.32. The molecule has 0 atom stereocenters. The number of para-hydroxylation sites is 2. The molecule has 1 aliphatic heterocycles. The normalized spacial score (nSPS) is 13.3. The Bertz CT molecular complexity index is 1070. The zero-order valence-electron chi connectivity index (χ0n) is 17.4. The topological polar surface area (TPSA) is 58.1 Å². The van der Waals surface area contributed by atoms with Crippen LogP contribution in [-0.4, -0.2) is 22.4 Å². The van der Waals surface area contributed by atoms with E-state index in [9.17, 15) is 4.79 Å². The Kier molecular flexibility index (Phi) is 4.82. The highest BCUT2D eigenvalue weighted by Gasteiger charge is 2.26. The Labute approximate surface area is 171 Å². The first-order valence-electron chi connectivity index (χ1n) is 9.95. The lowest BCUT2D eigenvalue weighted by Gasteiger charge is -2.23. The molecular weight excluding hydrogens is 360 g/mol. The van der Waals surface area contributed by atoms with E-state index < -0.39 is 0 Å². The van der Waals surface area contributed by atoms with E-state index in [4.69, 9.17) is 0 Å². The van der Waals surface area contributed by atoms with Crippen LogP contribution in [0.1, 0.15) is 48.2 Å². The van der Waals surface area contributed by atoms with E-state index >= 15 is 0 Å². The smallest absolute Gasteiger partial charge is 0.277 e. The second kappa shape index (κ2) is 7.32. The molecule has 1 aliphatic rings. The Morgan fingerprint density at radius 1 is 1.03 bits per heavy atom. The summed E-state index contributed by atoms with van der Waals surface area (Å²) < 4.78 is 0. The van der Waals surface area contributed by atoms with Crippen molar-refractivity contribution in [2.24, 2.45) is 0 Å². The minimum atomic E-state index is -0.0902. The molecule has 2 heterocycles. The number of carbonyl (C=O) groups is 1. The second-order valence-corrected chi connectivity index (χ2v) is 8.44. The lowest BCUT2D eigenvalue weighted by atomic mass is 9.86. The lowest BCUT2D eigenvalue weighted by molar-refractivity contribution is 0.0984. The van der Waals surface area contributed by atoms with Crippen LogP contribution < -0.4 is 10.2 Å². The fraction of sp³-hybridized carbons (Fsp3) is 0.292. The number of nitrogens with zero attached hydrogens (tertiary/aromatic N) is 3. The van der Waals surface area contributed by atoms with Crippen LogP contribution in [0.4, 0.5) is 17.2 Å². The lowest BCUT2D eigenvalue weighted by Crippen LogP contribution is -2.30. The Morgan fingerprint density at radius 3 is 2.55 bits per heavy atom. The summed E-state index contributed by atoms with van der Waals surface area (Å²) in [6, 6.07) is 18.0. The number of hydrogen-bond donors (Lipinski definition) is 1. The van der Waals surface area contributed by atoms with Crippen molar-refractivity contribution >= 4 is 23.1 Å². The molecular formula is C24H26N4O. The SMILES string of the molecule is Cc1nc(Nc2ccccc2C(C)(C)C)cc(C(=O)N2CCc3ccccc32)n1. The summed E-state index contributed by atoms with van der Waals surface area (Å²) in [5.74, 6) is 1.11.